The fraction of sp³-hybridized carbons (Fsp3) is 0. The van der Waals surface area contributed by atoms with E-state index in [2.05, 4.69) is 28.2 Å². The molecule has 0 aliphatic carbocycles. The van der Waals surface area contributed by atoms with Crippen LogP contribution in [0.2, 0.25) is 5.15 Å². The minimum Gasteiger partial charge on any atom is -0.307 e. The minimum atomic E-state index is -0.397. The molecule has 0 radical (unpaired) electrons. The predicted molar refractivity (Wildman–Crippen MR) is 75.6 cm³/mol. The smallest absolute Gasteiger partial charge is 0.307 e. The second kappa shape index (κ2) is 5.75. The molecule has 0 saturated carbocycles. The minimum absolute atomic E-state index is 0.242. The predicted octanol–water partition coefficient (Wildman–Crippen LogP) is 3.67. The third kappa shape index (κ3) is 3.15. The zero-order chi connectivity index (χ0) is 13.0. The van der Waals surface area contributed by atoms with E-state index in [0.717, 1.165) is 0 Å². The van der Waals surface area contributed by atoms with Gasteiger partial charge in [0.05, 0.1) is 11.4 Å². The van der Waals surface area contributed by atoms with E-state index in [1.165, 1.54) is 0 Å². The molecule has 0 aliphatic heterocycles. The van der Waals surface area contributed by atoms with Gasteiger partial charge in [-0.1, -0.05) is 23.7 Å². The van der Waals surface area contributed by atoms with E-state index in [-0.39, 0.29) is 5.15 Å². The number of aromatic nitrogens is 1. The second-order valence-electron chi connectivity index (χ2n) is 3.44. The first-order chi connectivity index (χ1) is 8.66. The number of carbonyl (C=O) groups is 1. The van der Waals surface area contributed by atoms with Crippen molar-refractivity contribution in [1.29, 1.82) is 0 Å². The van der Waals surface area contributed by atoms with Crippen LogP contribution in [0.15, 0.2) is 47.5 Å². The van der Waals surface area contributed by atoms with Crippen LogP contribution in [-0.2, 0) is 0 Å². The number of carbonyl (C=O) groups excluding carboxylic acids is 1. The molecule has 0 spiro atoms. The molecular weight excluding hydrogens is 270 g/mol. The van der Waals surface area contributed by atoms with E-state index in [1.807, 2.05) is 12.1 Å². The quantitative estimate of drug-likeness (QED) is 0.580. The highest BCUT2D eigenvalue weighted by Crippen LogP contribution is 2.20. The molecule has 18 heavy (non-hydrogen) atoms. The van der Waals surface area contributed by atoms with Gasteiger partial charge in [-0.2, -0.15) is 0 Å². The summed E-state index contributed by atoms with van der Waals surface area (Å²) in [4.78, 5) is 16.3. The van der Waals surface area contributed by atoms with Crippen LogP contribution >= 0.6 is 24.2 Å². The number of hydrogen-bond donors (Lipinski definition) is 3. The Bertz CT molecular complexity index is 527. The van der Waals surface area contributed by atoms with Crippen molar-refractivity contribution < 1.29 is 4.79 Å². The number of thiol groups is 1. The Hall–Kier alpha value is -1.72. The van der Waals surface area contributed by atoms with Gasteiger partial charge in [0.1, 0.15) is 0 Å². The molecule has 0 atom stereocenters. The number of nitrogens with one attached hydrogen (secondary N) is 2. The van der Waals surface area contributed by atoms with Gasteiger partial charge >= 0.3 is 6.03 Å². The van der Waals surface area contributed by atoms with Crippen molar-refractivity contribution in [3.8, 4) is 0 Å². The number of rotatable bonds is 2. The molecule has 92 valence electrons. The van der Waals surface area contributed by atoms with Gasteiger partial charge in [0.2, 0.25) is 0 Å². The average Bonchev–Trinajstić information content (AvgIpc) is 2.35. The van der Waals surface area contributed by atoms with Crippen molar-refractivity contribution in [3.63, 3.8) is 0 Å². The molecule has 0 saturated heterocycles. The molecule has 1 aromatic carbocycles. The monoisotopic (exact) mass is 279 g/mol. The lowest BCUT2D eigenvalue weighted by Gasteiger charge is -2.09. The largest absolute Gasteiger partial charge is 0.323 e. The number of pyridine rings is 1. The topological polar surface area (TPSA) is 54.0 Å². The Labute approximate surface area is 115 Å². The van der Waals surface area contributed by atoms with Gasteiger partial charge in [-0.05, 0) is 24.3 Å². The third-order valence-corrected chi connectivity index (χ3v) is 2.85. The summed E-state index contributed by atoms with van der Waals surface area (Å²) in [5.74, 6) is 0. The van der Waals surface area contributed by atoms with Gasteiger partial charge in [0.25, 0.3) is 0 Å². The van der Waals surface area contributed by atoms with E-state index >= 15 is 0 Å². The lowest BCUT2D eigenvalue weighted by molar-refractivity contribution is 0.262. The molecule has 1 aromatic heterocycles. The van der Waals surface area contributed by atoms with Crippen molar-refractivity contribution >= 4 is 41.6 Å². The highest BCUT2D eigenvalue weighted by Gasteiger charge is 2.07. The van der Waals surface area contributed by atoms with E-state index in [4.69, 9.17) is 11.6 Å². The molecule has 2 amide bonds. The molecule has 0 unspecified atom stereocenters. The number of nitrogens with zero attached hydrogens (tertiary/aromatic N) is 1. The second-order valence-corrected chi connectivity index (χ2v) is 4.28. The summed E-state index contributed by atoms with van der Waals surface area (Å²) in [7, 11) is 0. The van der Waals surface area contributed by atoms with Crippen molar-refractivity contribution in [2.75, 3.05) is 10.6 Å². The van der Waals surface area contributed by atoms with Crippen LogP contribution in [0.5, 0.6) is 0 Å². The van der Waals surface area contributed by atoms with Crippen molar-refractivity contribution in [1.82, 2.24) is 4.98 Å². The van der Waals surface area contributed by atoms with E-state index in [9.17, 15) is 4.79 Å². The Kier molecular flexibility index (Phi) is 4.07. The van der Waals surface area contributed by atoms with Gasteiger partial charge in [0.15, 0.2) is 5.15 Å². The zero-order valence-corrected chi connectivity index (χ0v) is 10.9. The van der Waals surface area contributed by atoms with Crippen LogP contribution in [-0.4, -0.2) is 11.0 Å². The molecule has 0 aliphatic rings. The van der Waals surface area contributed by atoms with Crippen molar-refractivity contribution in [2.45, 2.75) is 4.90 Å². The molecular formula is C12H10ClN3OS. The van der Waals surface area contributed by atoms with Crippen LogP contribution < -0.4 is 10.6 Å². The normalized spacial score (nSPS) is 9.89. The maximum Gasteiger partial charge on any atom is 0.323 e. The fourth-order valence-electron chi connectivity index (χ4n) is 1.33. The van der Waals surface area contributed by atoms with Gasteiger partial charge in [0, 0.05) is 11.1 Å². The standard InChI is InChI=1S/C12H10ClN3OS/c13-11-9(5-3-7-14-11)16-12(17)15-8-4-1-2-6-10(8)18/h1-7,18H,(H2,15,16,17). The summed E-state index contributed by atoms with van der Waals surface area (Å²) in [6, 6.07) is 10.2. The van der Waals surface area contributed by atoms with E-state index in [1.54, 1.807) is 30.5 Å². The molecule has 2 N–H and O–H groups in total. The molecule has 6 heteroatoms. The number of anilines is 2. The maximum absolute atomic E-state index is 11.7. The Balaban J connectivity index is 2.06. The lowest BCUT2D eigenvalue weighted by Crippen LogP contribution is -2.20. The first-order valence-electron chi connectivity index (χ1n) is 5.13. The Morgan fingerprint density at radius 1 is 1.11 bits per heavy atom. The maximum atomic E-state index is 11.7. The van der Waals surface area contributed by atoms with Crippen LogP contribution in [0.3, 0.4) is 0 Å². The first kappa shape index (κ1) is 12.7. The van der Waals surface area contributed by atoms with Crippen LogP contribution in [0.4, 0.5) is 16.2 Å². The van der Waals surface area contributed by atoms with Gasteiger partial charge < -0.3 is 10.6 Å². The third-order valence-electron chi connectivity index (χ3n) is 2.16. The SMILES string of the molecule is O=C(Nc1ccccc1S)Nc1cccnc1Cl. The number of urea groups is 1. The van der Waals surface area contributed by atoms with Gasteiger partial charge in [-0.3, -0.25) is 0 Å². The molecule has 4 nitrogen and oxygen atoms in total. The summed E-state index contributed by atoms with van der Waals surface area (Å²) in [6.45, 7) is 0. The summed E-state index contributed by atoms with van der Waals surface area (Å²) in [5, 5.41) is 5.52. The summed E-state index contributed by atoms with van der Waals surface area (Å²) >= 11 is 10.1. The lowest BCUT2D eigenvalue weighted by atomic mass is 10.3. The number of para-hydroxylation sites is 1. The summed E-state index contributed by atoms with van der Waals surface area (Å²) in [6.07, 6.45) is 1.55. The zero-order valence-electron chi connectivity index (χ0n) is 9.22. The molecule has 0 bridgehead atoms. The molecule has 2 aromatic rings. The van der Waals surface area contributed by atoms with E-state index < -0.39 is 6.03 Å². The van der Waals surface area contributed by atoms with Crippen LogP contribution in [0, 0.1) is 0 Å². The number of amides is 2. The molecule has 1 heterocycles. The van der Waals surface area contributed by atoms with Gasteiger partial charge in [-0.15, -0.1) is 12.6 Å². The Morgan fingerprint density at radius 3 is 2.50 bits per heavy atom. The van der Waals surface area contributed by atoms with Crippen molar-refractivity contribution in [3.05, 3.63) is 47.7 Å². The average molecular weight is 280 g/mol. The van der Waals surface area contributed by atoms with Crippen LogP contribution in [0.25, 0.3) is 0 Å². The Morgan fingerprint density at radius 2 is 1.78 bits per heavy atom. The van der Waals surface area contributed by atoms with Gasteiger partial charge in [-0.25, -0.2) is 9.78 Å². The highest BCUT2D eigenvalue weighted by atomic mass is 35.5. The number of halogens is 1. The number of hydrogen-bond acceptors (Lipinski definition) is 3. The summed E-state index contributed by atoms with van der Waals surface area (Å²) < 4.78 is 0. The van der Waals surface area contributed by atoms with E-state index in [0.29, 0.717) is 16.3 Å². The fourth-order valence-corrected chi connectivity index (χ4v) is 1.72. The molecule has 0 fully saturated rings. The molecule has 2 rings (SSSR count). The van der Waals surface area contributed by atoms with Crippen LogP contribution in [0.1, 0.15) is 0 Å². The highest BCUT2D eigenvalue weighted by molar-refractivity contribution is 7.80. The van der Waals surface area contributed by atoms with Crippen molar-refractivity contribution in [2.24, 2.45) is 0 Å². The number of benzene rings is 1. The first-order valence-corrected chi connectivity index (χ1v) is 5.96. The summed E-state index contributed by atoms with van der Waals surface area (Å²) in [5.41, 5.74) is 1.08.